The van der Waals surface area contributed by atoms with Gasteiger partial charge in [0, 0.05) is 19.4 Å². The van der Waals surface area contributed by atoms with E-state index in [1.807, 2.05) is 24.3 Å². The first-order valence-corrected chi connectivity index (χ1v) is 13.5. The van der Waals surface area contributed by atoms with Crippen LogP contribution in [0.2, 0.25) is 5.28 Å². The van der Waals surface area contributed by atoms with E-state index in [0.717, 1.165) is 18.1 Å². The fourth-order valence-electron chi connectivity index (χ4n) is 5.20. The minimum Gasteiger partial charge on any atom is -0.508 e. The molecule has 1 fully saturated rings. The molecule has 42 heavy (non-hydrogen) atoms. The Bertz CT molecular complexity index is 1530. The number of rotatable bonds is 9. The number of halogens is 1. The van der Waals surface area contributed by atoms with E-state index in [1.54, 1.807) is 28.8 Å². The molecule has 1 aliphatic rings. The van der Waals surface area contributed by atoms with Crippen molar-refractivity contribution in [3.8, 4) is 11.5 Å². The van der Waals surface area contributed by atoms with Gasteiger partial charge in [0.05, 0.1) is 24.5 Å². The highest BCUT2D eigenvalue weighted by atomic mass is 35.5. The molecule has 1 aliphatic carbocycles. The molecule has 0 spiro atoms. The van der Waals surface area contributed by atoms with E-state index in [1.165, 1.54) is 6.33 Å². The van der Waals surface area contributed by atoms with Crippen molar-refractivity contribution in [2.45, 2.75) is 43.9 Å². The number of nitrogens with one attached hydrogen (secondary N) is 1. The van der Waals surface area contributed by atoms with Gasteiger partial charge < -0.3 is 29.9 Å². The number of nitrogens with zero attached hydrogens (tertiary/aromatic N) is 5. The van der Waals surface area contributed by atoms with E-state index in [9.17, 15) is 30.1 Å². The van der Waals surface area contributed by atoms with Gasteiger partial charge in [-0.2, -0.15) is 9.97 Å². The largest absolute Gasteiger partial charge is 0.508 e. The molecule has 1 amide bonds. The number of esters is 1. The van der Waals surface area contributed by atoms with Crippen LogP contribution in [0, 0.1) is 0 Å². The van der Waals surface area contributed by atoms with Crippen molar-refractivity contribution in [3.05, 3.63) is 71.3 Å². The van der Waals surface area contributed by atoms with E-state index in [-0.39, 0.29) is 35.5 Å². The number of aliphatic hydroxyl groups is 1. The quantitative estimate of drug-likeness (QED) is 0.0828. The van der Waals surface area contributed by atoms with Gasteiger partial charge in [-0.15, -0.1) is 0 Å². The number of hydroxylamine groups is 2. The Kier molecular flexibility index (Phi) is 8.43. The summed E-state index contributed by atoms with van der Waals surface area (Å²) in [6.45, 7) is 0.901. The highest BCUT2D eigenvalue weighted by Crippen LogP contribution is 2.36. The molecule has 13 nitrogen and oxygen atoms in total. The molecule has 1 unspecified atom stereocenters. The lowest BCUT2D eigenvalue weighted by Gasteiger charge is -2.22. The van der Waals surface area contributed by atoms with Gasteiger partial charge in [-0.1, -0.05) is 24.3 Å². The number of carbonyl (C=O) groups excluding carboxylic acids is 2. The fraction of sp³-hybridized carbons (Fsp3) is 0.321. The molecule has 0 aliphatic heterocycles. The number of amides is 1. The number of aromatic hydroxyl groups is 2. The average molecular weight is 597 g/mol. The van der Waals surface area contributed by atoms with Gasteiger partial charge in [0.2, 0.25) is 5.28 Å². The van der Waals surface area contributed by atoms with Crippen LogP contribution in [-0.2, 0) is 14.3 Å². The van der Waals surface area contributed by atoms with Crippen molar-refractivity contribution >= 4 is 40.5 Å². The van der Waals surface area contributed by atoms with Gasteiger partial charge in [-0.05, 0) is 59.8 Å². The number of imidazole rings is 1. The topological polar surface area (TPSA) is 183 Å². The zero-order valence-electron chi connectivity index (χ0n) is 22.5. The van der Waals surface area contributed by atoms with Crippen LogP contribution >= 0.6 is 11.6 Å². The molecular weight excluding hydrogens is 568 g/mol. The molecule has 5 N–H and O–H groups in total. The number of hydrogen-bond donors (Lipinski definition) is 5. The minimum atomic E-state index is -0.943. The summed E-state index contributed by atoms with van der Waals surface area (Å²) in [5.74, 6) is -1.01. The van der Waals surface area contributed by atoms with E-state index >= 15 is 0 Å². The molecule has 2 aromatic heterocycles. The summed E-state index contributed by atoms with van der Waals surface area (Å²) in [6, 6.07) is 12.3. The predicted octanol–water partition coefficient (Wildman–Crippen LogP) is 2.98. The lowest BCUT2D eigenvalue weighted by atomic mass is 9.91. The molecule has 4 aromatic rings. The number of fused-ring (bicyclic) bond motifs is 1. The Morgan fingerprint density at radius 2 is 1.69 bits per heavy atom. The zero-order valence-corrected chi connectivity index (χ0v) is 23.2. The normalized spacial score (nSPS) is 18.4. The number of hydrogen-bond acceptors (Lipinski definition) is 11. The number of carbonyl (C=O) groups is 2. The average Bonchev–Trinajstić information content (AvgIpc) is 3.56. The van der Waals surface area contributed by atoms with Crippen molar-refractivity contribution in [2.24, 2.45) is 0 Å². The van der Waals surface area contributed by atoms with Crippen LogP contribution in [0.3, 0.4) is 0 Å². The van der Waals surface area contributed by atoms with Crippen LogP contribution in [0.1, 0.15) is 42.9 Å². The van der Waals surface area contributed by atoms with Crippen LogP contribution in [0.4, 0.5) is 5.82 Å². The zero-order chi connectivity index (χ0) is 30.0. The molecule has 5 rings (SSSR count). The summed E-state index contributed by atoms with van der Waals surface area (Å²) in [7, 11) is 0. The Hall–Kier alpha value is -4.46. The van der Waals surface area contributed by atoms with E-state index < -0.39 is 36.7 Å². The summed E-state index contributed by atoms with van der Waals surface area (Å²) in [4.78, 5) is 36.4. The number of anilines is 1. The summed E-state index contributed by atoms with van der Waals surface area (Å²) < 4.78 is 6.31. The van der Waals surface area contributed by atoms with Crippen molar-refractivity contribution in [1.82, 2.24) is 24.6 Å². The van der Waals surface area contributed by atoms with E-state index in [0.29, 0.717) is 28.6 Å². The second-order valence-electron chi connectivity index (χ2n) is 10.1. The van der Waals surface area contributed by atoms with Crippen molar-refractivity contribution < 1.29 is 34.9 Å². The smallest absolute Gasteiger partial charge is 0.303 e. The molecule has 0 bridgehead atoms. The summed E-state index contributed by atoms with van der Waals surface area (Å²) >= 11 is 6.31. The first kappa shape index (κ1) is 29.0. The molecule has 2 heterocycles. The van der Waals surface area contributed by atoms with Gasteiger partial charge >= 0.3 is 5.97 Å². The number of aliphatic hydroxyl groups excluding tert-OH is 1. The van der Waals surface area contributed by atoms with E-state index in [4.69, 9.17) is 11.6 Å². The molecule has 2 aromatic carbocycles. The molecular formula is C28H29ClN6O7. The van der Waals surface area contributed by atoms with Crippen LogP contribution < -0.4 is 5.32 Å². The fourth-order valence-corrected chi connectivity index (χ4v) is 5.36. The van der Waals surface area contributed by atoms with Gasteiger partial charge in [-0.25, -0.2) is 10.0 Å². The van der Waals surface area contributed by atoms with E-state index in [2.05, 4.69) is 25.0 Å². The number of aromatic nitrogens is 4. The number of benzene rings is 2. The van der Waals surface area contributed by atoms with Crippen LogP contribution in [0.5, 0.6) is 11.5 Å². The van der Waals surface area contributed by atoms with Gasteiger partial charge in [0.15, 0.2) is 23.6 Å². The first-order chi connectivity index (χ1) is 20.1. The number of ether oxygens (including phenoxy) is 1. The maximum absolute atomic E-state index is 12.2. The number of phenols is 2. The number of phenolic OH excluding ortho intramolecular Hbond substituents is 2. The molecule has 0 saturated heterocycles. The van der Waals surface area contributed by atoms with Crippen molar-refractivity contribution in [2.75, 3.05) is 18.5 Å². The standard InChI is InChI=1S/C28H29ClN6O7/c1-15(36)42-13-24(40)35(41)18-10-22(23(39)11-18)34-14-31-25-26(32-28(29)33-27(25)34)30-12-21(16-2-6-19(37)7-3-16)17-4-8-20(38)9-5-17/h2-9,14,18,21-23,37-39,41H,10-13H2,1H3,(H,30,32,33)/t18?,22-,23+/m1/s1. The monoisotopic (exact) mass is 596 g/mol. The second-order valence-corrected chi connectivity index (χ2v) is 10.4. The second kappa shape index (κ2) is 12.2. The molecule has 1 saturated carbocycles. The predicted molar refractivity (Wildman–Crippen MR) is 150 cm³/mol. The Labute approximate surface area is 244 Å². The van der Waals surface area contributed by atoms with Crippen LogP contribution in [0.15, 0.2) is 54.9 Å². The summed E-state index contributed by atoms with van der Waals surface area (Å²) in [5, 5.41) is 44.5. The third-order valence-electron chi connectivity index (χ3n) is 7.29. The van der Waals surface area contributed by atoms with Gasteiger partial charge in [-0.3, -0.25) is 14.8 Å². The van der Waals surface area contributed by atoms with Gasteiger partial charge in [0.1, 0.15) is 11.5 Å². The Balaban J connectivity index is 1.38. The molecule has 14 heteroatoms. The Morgan fingerprint density at radius 1 is 1.07 bits per heavy atom. The third kappa shape index (κ3) is 6.22. The highest BCUT2D eigenvalue weighted by molar-refractivity contribution is 6.28. The minimum absolute atomic E-state index is 0.0538. The third-order valence-corrected chi connectivity index (χ3v) is 7.46. The maximum atomic E-state index is 12.2. The van der Waals surface area contributed by atoms with Gasteiger partial charge in [0.25, 0.3) is 5.91 Å². The molecule has 3 atom stereocenters. The highest BCUT2D eigenvalue weighted by Gasteiger charge is 2.40. The molecule has 220 valence electrons. The first-order valence-electron chi connectivity index (χ1n) is 13.1. The lowest BCUT2D eigenvalue weighted by molar-refractivity contribution is -0.182. The van der Waals surface area contributed by atoms with Crippen molar-refractivity contribution in [3.63, 3.8) is 0 Å². The summed E-state index contributed by atoms with van der Waals surface area (Å²) in [5.41, 5.74) is 2.57. The van der Waals surface area contributed by atoms with Crippen molar-refractivity contribution in [1.29, 1.82) is 0 Å². The maximum Gasteiger partial charge on any atom is 0.303 e. The lowest BCUT2D eigenvalue weighted by Crippen LogP contribution is -2.39. The SMILES string of the molecule is CC(=O)OCC(=O)N(O)C1C[C@@H](n2cnc3c(NCC(c4ccc(O)cc4)c4ccc(O)cc4)nc(Cl)nc32)[C@@H](O)C1. The molecule has 0 radical (unpaired) electrons. The van der Waals surface area contributed by atoms with Crippen LogP contribution in [-0.4, -0.2) is 82.3 Å². The Morgan fingerprint density at radius 3 is 2.29 bits per heavy atom. The van der Waals surface area contributed by atoms with Crippen LogP contribution in [0.25, 0.3) is 11.2 Å². The summed E-state index contributed by atoms with van der Waals surface area (Å²) in [6.07, 6.45) is 0.819.